The second-order valence-corrected chi connectivity index (χ2v) is 4.39. The zero-order valence-electron chi connectivity index (χ0n) is 10.4. The Bertz CT molecular complexity index is 290. The first-order chi connectivity index (χ1) is 7.63. The Morgan fingerprint density at radius 2 is 1.81 bits per heavy atom. The molecule has 1 rings (SSSR count). The lowest BCUT2D eigenvalue weighted by Gasteiger charge is -2.14. The number of aliphatic hydroxyl groups excluding tert-OH is 1. The first-order valence-electron chi connectivity index (χ1n) is 6.02. The predicted molar refractivity (Wildman–Crippen MR) is 66.5 cm³/mol. The summed E-state index contributed by atoms with van der Waals surface area (Å²) < 4.78 is 5.39. The summed E-state index contributed by atoms with van der Waals surface area (Å²) in [5.41, 5.74) is 2.25. The zero-order valence-corrected chi connectivity index (χ0v) is 10.4. The molecule has 1 aromatic carbocycles. The fraction of sp³-hybridized carbons (Fsp3) is 0.571. The van der Waals surface area contributed by atoms with Gasteiger partial charge in [-0.25, -0.2) is 0 Å². The summed E-state index contributed by atoms with van der Waals surface area (Å²) in [4.78, 5) is 0. The molecule has 90 valence electrons. The van der Waals surface area contributed by atoms with Gasteiger partial charge in [-0.3, -0.25) is 0 Å². The van der Waals surface area contributed by atoms with Crippen molar-refractivity contribution in [3.63, 3.8) is 0 Å². The maximum atomic E-state index is 9.87. The number of aliphatic hydroxyl groups is 1. The molecule has 1 atom stereocenters. The average molecular weight is 222 g/mol. The number of aryl methyl sites for hydroxylation is 1. The van der Waals surface area contributed by atoms with E-state index < -0.39 is 6.10 Å². The smallest absolute Gasteiger partial charge is 0.102 e. The van der Waals surface area contributed by atoms with E-state index in [1.807, 2.05) is 26.0 Å². The van der Waals surface area contributed by atoms with Gasteiger partial charge in [-0.15, -0.1) is 0 Å². The van der Waals surface area contributed by atoms with E-state index in [9.17, 15) is 5.11 Å². The predicted octanol–water partition coefficient (Wildman–Crippen LogP) is 3.10. The molecule has 0 amide bonds. The molecule has 0 aliphatic rings. The highest BCUT2D eigenvalue weighted by Gasteiger charge is 2.08. The number of benzene rings is 1. The van der Waals surface area contributed by atoms with Crippen molar-refractivity contribution < 1.29 is 9.84 Å². The number of hydrogen-bond donors (Lipinski definition) is 1. The fourth-order valence-electron chi connectivity index (χ4n) is 1.57. The van der Waals surface area contributed by atoms with Crippen molar-refractivity contribution >= 4 is 0 Å². The Labute approximate surface area is 98.3 Å². The Morgan fingerprint density at radius 3 is 2.31 bits per heavy atom. The molecule has 0 bridgehead atoms. The monoisotopic (exact) mass is 222 g/mol. The van der Waals surface area contributed by atoms with Crippen molar-refractivity contribution in [2.24, 2.45) is 0 Å². The van der Waals surface area contributed by atoms with Crippen molar-refractivity contribution in [3.05, 3.63) is 35.4 Å². The van der Waals surface area contributed by atoms with E-state index in [0.717, 1.165) is 18.4 Å². The number of ether oxygens (including phenoxy) is 1. The molecule has 1 aromatic rings. The molecule has 16 heavy (non-hydrogen) atoms. The molecule has 0 spiro atoms. The van der Waals surface area contributed by atoms with Crippen molar-refractivity contribution in [2.45, 2.75) is 45.8 Å². The van der Waals surface area contributed by atoms with E-state index in [4.69, 9.17) is 4.74 Å². The van der Waals surface area contributed by atoms with Crippen LogP contribution < -0.4 is 0 Å². The Hall–Kier alpha value is -0.860. The van der Waals surface area contributed by atoms with Crippen LogP contribution in [0.25, 0.3) is 0 Å². The second-order valence-electron chi connectivity index (χ2n) is 4.39. The topological polar surface area (TPSA) is 29.5 Å². The van der Waals surface area contributed by atoms with E-state index >= 15 is 0 Å². The minimum absolute atomic E-state index is 0.161. The summed E-state index contributed by atoms with van der Waals surface area (Å²) in [6.07, 6.45) is 1.89. The lowest BCUT2D eigenvalue weighted by atomic mass is 10.0. The van der Waals surface area contributed by atoms with Crippen molar-refractivity contribution in [3.8, 4) is 0 Å². The molecule has 2 heteroatoms. The average Bonchev–Trinajstić information content (AvgIpc) is 2.27. The Morgan fingerprint density at radius 1 is 1.19 bits per heavy atom. The van der Waals surface area contributed by atoms with E-state index in [-0.39, 0.29) is 6.10 Å². The van der Waals surface area contributed by atoms with Crippen LogP contribution in [0.3, 0.4) is 0 Å². The molecule has 0 aliphatic carbocycles. The van der Waals surface area contributed by atoms with Crippen LogP contribution in [-0.2, 0) is 11.2 Å². The first-order valence-corrected chi connectivity index (χ1v) is 6.02. The maximum absolute atomic E-state index is 9.87. The van der Waals surface area contributed by atoms with Crippen LogP contribution in [-0.4, -0.2) is 17.8 Å². The van der Waals surface area contributed by atoms with Crippen LogP contribution in [0.4, 0.5) is 0 Å². The van der Waals surface area contributed by atoms with Crippen molar-refractivity contribution in [2.75, 3.05) is 6.61 Å². The van der Waals surface area contributed by atoms with Gasteiger partial charge in [-0.2, -0.15) is 0 Å². The summed E-state index contributed by atoms with van der Waals surface area (Å²) in [5, 5.41) is 9.87. The SMILES string of the molecule is CCCc1ccc(C(O)COC(C)C)cc1. The molecular formula is C14H22O2. The molecule has 1 unspecified atom stereocenters. The minimum atomic E-state index is -0.516. The maximum Gasteiger partial charge on any atom is 0.102 e. The molecule has 2 nitrogen and oxygen atoms in total. The molecule has 0 aromatic heterocycles. The van der Waals surface area contributed by atoms with Crippen LogP contribution in [0.1, 0.15) is 44.4 Å². The molecule has 0 radical (unpaired) electrons. The van der Waals surface area contributed by atoms with Gasteiger partial charge in [-0.05, 0) is 31.4 Å². The van der Waals surface area contributed by atoms with Gasteiger partial charge < -0.3 is 9.84 Å². The van der Waals surface area contributed by atoms with Gasteiger partial charge in [0.1, 0.15) is 6.10 Å². The highest BCUT2D eigenvalue weighted by Crippen LogP contribution is 2.15. The van der Waals surface area contributed by atoms with Gasteiger partial charge in [0.2, 0.25) is 0 Å². The van der Waals surface area contributed by atoms with Gasteiger partial charge in [-0.1, -0.05) is 37.6 Å². The highest BCUT2D eigenvalue weighted by atomic mass is 16.5. The lowest BCUT2D eigenvalue weighted by Crippen LogP contribution is -2.11. The van der Waals surface area contributed by atoms with Gasteiger partial charge in [0, 0.05) is 0 Å². The molecule has 0 fully saturated rings. The minimum Gasteiger partial charge on any atom is -0.386 e. The first kappa shape index (κ1) is 13.2. The number of rotatable bonds is 6. The summed E-state index contributed by atoms with van der Waals surface area (Å²) in [5.74, 6) is 0. The van der Waals surface area contributed by atoms with Gasteiger partial charge in [0.25, 0.3) is 0 Å². The summed E-state index contributed by atoms with van der Waals surface area (Å²) in [6, 6.07) is 8.13. The lowest BCUT2D eigenvalue weighted by molar-refractivity contribution is 0.00492. The Balaban J connectivity index is 2.52. The molecule has 0 aliphatic heterocycles. The molecule has 0 heterocycles. The van der Waals surface area contributed by atoms with Gasteiger partial charge in [0.05, 0.1) is 12.7 Å². The molecule has 0 saturated heterocycles. The third kappa shape index (κ3) is 4.33. The fourth-order valence-corrected chi connectivity index (χ4v) is 1.57. The van der Waals surface area contributed by atoms with Crippen LogP contribution in [0.5, 0.6) is 0 Å². The normalized spacial score (nSPS) is 13.1. The quantitative estimate of drug-likeness (QED) is 0.801. The Kier molecular flexibility index (Phi) is 5.50. The van der Waals surface area contributed by atoms with E-state index in [2.05, 4.69) is 19.1 Å². The van der Waals surface area contributed by atoms with Crippen molar-refractivity contribution in [1.82, 2.24) is 0 Å². The summed E-state index contributed by atoms with van der Waals surface area (Å²) in [7, 11) is 0. The standard InChI is InChI=1S/C14H22O2/c1-4-5-12-6-8-13(9-7-12)14(15)10-16-11(2)3/h6-9,11,14-15H,4-5,10H2,1-3H3. The zero-order chi connectivity index (χ0) is 12.0. The molecular weight excluding hydrogens is 200 g/mol. The summed E-state index contributed by atoms with van der Waals surface area (Å²) in [6.45, 7) is 6.47. The van der Waals surface area contributed by atoms with Crippen LogP contribution in [0, 0.1) is 0 Å². The second kappa shape index (κ2) is 6.66. The van der Waals surface area contributed by atoms with Gasteiger partial charge in [0.15, 0.2) is 0 Å². The van der Waals surface area contributed by atoms with E-state index in [1.54, 1.807) is 0 Å². The van der Waals surface area contributed by atoms with E-state index in [0.29, 0.717) is 6.61 Å². The molecule has 0 saturated carbocycles. The third-order valence-corrected chi connectivity index (χ3v) is 2.49. The highest BCUT2D eigenvalue weighted by molar-refractivity contribution is 5.24. The van der Waals surface area contributed by atoms with E-state index in [1.165, 1.54) is 5.56 Å². The number of hydrogen-bond acceptors (Lipinski definition) is 2. The van der Waals surface area contributed by atoms with Crippen LogP contribution >= 0.6 is 0 Å². The summed E-state index contributed by atoms with van der Waals surface area (Å²) >= 11 is 0. The van der Waals surface area contributed by atoms with Gasteiger partial charge >= 0.3 is 0 Å². The van der Waals surface area contributed by atoms with Crippen LogP contribution in [0.2, 0.25) is 0 Å². The van der Waals surface area contributed by atoms with Crippen LogP contribution in [0.15, 0.2) is 24.3 Å². The third-order valence-electron chi connectivity index (χ3n) is 2.49. The molecule has 1 N–H and O–H groups in total. The largest absolute Gasteiger partial charge is 0.386 e. The van der Waals surface area contributed by atoms with Crippen molar-refractivity contribution in [1.29, 1.82) is 0 Å².